The summed E-state index contributed by atoms with van der Waals surface area (Å²) in [6.07, 6.45) is 5.60. The van der Waals surface area contributed by atoms with E-state index in [0.29, 0.717) is 12.5 Å². The molecule has 2 aromatic heterocycles. The summed E-state index contributed by atoms with van der Waals surface area (Å²) in [5.74, 6) is 1.45. The van der Waals surface area contributed by atoms with Crippen molar-refractivity contribution in [1.29, 1.82) is 0 Å². The molecule has 5 rings (SSSR count). The van der Waals surface area contributed by atoms with Gasteiger partial charge in [-0.1, -0.05) is 45.4 Å². The highest BCUT2D eigenvalue weighted by Gasteiger charge is 2.27. The van der Waals surface area contributed by atoms with E-state index in [4.69, 9.17) is 4.74 Å². The first kappa shape index (κ1) is 22.6. The molecule has 0 atom stereocenters. The van der Waals surface area contributed by atoms with Crippen LogP contribution in [0.5, 0.6) is 5.75 Å². The fourth-order valence-corrected chi connectivity index (χ4v) is 5.35. The van der Waals surface area contributed by atoms with Crippen molar-refractivity contribution in [3.05, 3.63) is 64.4 Å². The number of unbranched alkanes of at least 4 members (excludes halogenated alkanes) is 2. The predicted octanol–water partition coefficient (Wildman–Crippen LogP) is 6.66. The van der Waals surface area contributed by atoms with Crippen LogP contribution < -0.4 is 14.9 Å². The molecule has 0 aliphatic rings. The Kier molecular flexibility index (Phi) is 6.16. The van der Waals surface area contributed by atoms with Crippen LogP contribution in [0.3, 0.4) is 0 Å². The molecule has 0 N–H and O–H groups in total. The minimum Gasteiger partial charge on any atom is -0.494 e. The van der Waals surface area contributed by atoms with E-state index in [-0.39, 0.29) is 5.56 Å². The third kappa shape index (κ3) is 3.70. The molecule has 0 spiro atoms. The van der Waals surface area contributed by atoms with Gasteiger partial charge in [0.15, 0.2) is 11.0 Å². The van der Waals surface area contributed by atoms with E-state index in [1.165, 1.54) is 23.8 Å². The molecule has 0 aliphatic heterocycles. The molecular formula is C30H35N2O2+. The van der Waals surface area contributed by atoms with Gasteiger partial charge in [-0.15, -0.1) is 0 Å². The number of pyridine rings is 1. The summed E-state index contributed by atoms with van der Waals surface area (Å²) in [6.45, 7) is 10.2. The molecule has 0 saturated carbocycles. The predicted molar refractivity (Wildman–Crippen MR) is 141 cm³/mol. The summed E-state index contributed by atoms with van der Waals surface area (Å²) < 4.78 is 10.1. The molecule has 0 bridgehead atoms. The molecule has 0 amide bonds. The summed E-state index contributed by atoms with van der Waals surface area (Å²) in [5, 5.41) is 4.28. The van der Waals surface area contributed by atoms with Crippen molar-refractivity contribution in [3.63, 3.8) is 0 Å². The van der Waals surface area contributed by atoms with Gasteiger partial charge in [0.2, 0.25) is 0 Å². The van der Waals surface area contributed by atoms with Gasteiger partial charge in [-0.25, -0.2) is 9.36 Å². The molecule has 0 radical (unpaired) electrons. The lowest BCUT2D eigenvalue weighted by atomic mass is 9.94. The highest BCUT2D eigenvalue weighted by molar-refractivity contribution is 6.15. The Labute approximate surface area is 201 Å². The van der Waals surface area contributed by atoms with E-state index >= 15 is 0 Å². The maximum Gasteiger partial charge on any atom is 0.347 e. The molecule has 176 valence electrons. The van der Waals surface area contributed by atoms with E-state index in [1.807, 2.05) is 35.6 Å². The standard InChI is InChI=1S/C30H35N2O2/c1-5-7-8-18-31-26-17-15-22(34-6-2)19-27(26)32-29(31)24-16-14-21(13-12-20(3)4)23-10-9-11-25(28(23)24)30(32)33/h9-11,14-17,19-20H,5-8,12-13,18H2,1-4H3/q+1. The minimum atomic E-state index is 0.0574. The number of fused-ring (bicyclic) bond motifs is 4. The fourth-order valence-electron chi connectivity index (χ4n) is 5.35. The average Bonchev–Trinajstić information content (AvgIpc) is 3.15. The fraction of sp³-hybridized carbons (Fsp3) is 0.400. The van der Waals surface area contributed by atoms with Crippen LogP contribution >= 0.6 is 0 Å². The van der Waals surface area contributed by atoms with Crippen molar-refractivity contribution in [1.82, 2.24) is 4.40 Å². The van der Waals surface area contributed by atoms with E-state index in [9.17, 15) is 4.79 Å². The zero-order valence-corrected chi connectivity index (χ0v) is 20.9. The molecule has 0 unspecified atom stereocenters. The largest absolute Gasteiger partial charge is 0.494 e. The first-order valence-corrected chi connectivity index (χ1v) is 12.9. The molecule has 0 aliphatic carbocycles. The number of hydrogen-bond donors (Lipinski definition) is 0. The summed E-state index contributed by atoms with van der Waals surface area (Å²) >= 11 is 0. The summed E-state index contributed by atoms with van der Waals surface area (Å²) in [4.78, 5) is 14.0. The van der Waals surface area contributed by atoms with Gasteiger partial charge >= 0.3 is 5.56 Å². The van der Waals surface area contributed by atoms with E-state index < -0.39 is 0 Å². The first-order chi connectivity index (χ1) is 16.5. The summed E-state index contributed by atoms with van der Waals surface area (Å²) in [6, 6.07) is 16.9. The number of imidazole rings is 1. The molecule has 0 fully saturated rings. The lowest BCUT2D eigenvalue weighted by Gasteiger charge is -2.11. The molecule has 34 heavy (non-hydrogen) atoms. The Morgan fingerprint density at radius 1 is 0.971 bits per heavy atom. The Morgan fingerprint density at radius 3 is 2.56 bits per heavy atom. The lowest BCUT2D eigenvalue weighted by Crippen LogP contribution is -2.34. The molecule has 2 heterocycles. The van der Waals surface area contributed by atoms with Crippen molar-refractivity contribution >= 4 is 38.2 Å². The van der Waals surface area contributed by atoms with E-state index in [1.54, 1.807) is 0 Å². The van der Waals surface area contributed by atoms with Crippen LogP contribution in [-0.4, -0.2) is 11.0 Å². The highest BCUT2D eigenvalue weighted by Crippen LogP contribution is 2.32. The van der Waals surface area contributed by atoms with Gasteiger partial charge < -0.3 is 4.74 Å². The monoisotopic (exact) mass is 455 g/mol. The minimum absolute atomic E-state index is 0.0574. The van der Waals surface area contributed by atoms with Crippen molar-refractivity contribution < 1.29 is 9.30 Å². The van der Waals surface area contributed by atoms with Crippen molar-refractivity contribution in [3.8, 4) is 5.75 Å². The number of rotatable bonds is 9. The van der Waals surface area contributed by atoms with Crippen LogP contribution in [0.1, 0.15) is 58.9 Å². The zero-order chi connectivity index (χ0) is 23.8. The van der Waals surface area contributed by atoms with Crippen LogP contribution in [0.15, 0.2) is 53.3 Å². The second-order valence-electron chi connectivity index (χ2n) is 9.84. The van der Waals surface area contributed by atoms with Gasteiger partial charge in [0.1, 0.15) is 5.75 Å². The van der Waals surface area contributed by atoms with E-state index in [2.05, 4.69) is 49.6 Å². The molecule has 0 saturated heterocycles. The molecular weight excluding hydrogens is 420 g/mol. The van der Waals surface area contributed by atoms with Crippen molar-refractivity contribution in [2.75, 3.05) is 6.61 Å². The second kappa shape index (κ2) is 9.25. The van der Waals surface area contributed by atoms with Crippen molar-refractivity contribution in [2.45, 2.75) is 66.3 Å². The third-order valence-electron chi connectivity index (χ3n) is 7.04. The van der Waals surface area contributed by atoms with Gasteiger partial charge in [0, 0.05) is 11.5 Å². The quantitative estimate of drug-likeness (QED) is 0.184. The lowest BCUT2D eigenvalue weighted by molar-refractivity contribution is -0.645. The molecule has 5 aromatic rings. The molecule has 3 aromatic carbocycles. The third-order valence-corrected chi connectivity index (χ3v) is 7.04. The van der Waals surface area contributed by atoms with Crippen LogP contribution in [0, 0.1) is 5.92 Å². The Hall–Kier alpha value is -3.14. The first-order valence-electron chi connectivity index (χ1n) is 12.9. The number of benzene rings is 3. The van der Waals surface area contributed by atoms with Crippen molar-refractivity contribution in [2.24, 2.45) is 5.92 Å². The summed E-state index contributed by atoms with van der Waals surface area (Å²) in [7, 11) is 0. The number of ether oxygens (including phenoxy) is 1. The summed E-state index contributed by atoms with van der Waals surface area (Å²) in [5.41, 5.74) is 4.41. The topological polar surface area (TPSA) is 34.6 Å². The number of nitrogens with zero attached hydrogens (tertiary/aromatic N) is 2. The van der Waals surface area contributed by atoms with E-state index in [0.717, 1.165) is 64.4 Å². The molecule has 4 nitrogen and oxygen atoms in total. The maximum atomic E-state index is 14.0. The zero-order valence-electron chi connectivity index (χ0n) is 20.9. The van der Waals surface area contributed by atoms with Gasteiger partial charge in [-0.3, -0.25) is 0 Å². The average molecular weight is 456 g/mol. The highest BCUT2D eigenvalue weighted by atomic mass is 16.5. The molecule has 4 heteroatoms. The Morgan fingerprint density at radius 2 is 1.79 bits per heavy atom. The second-order valence-corrected chi connectivity index (χ2v) is 9.84. The van der Waals surface area contributed by atoms with Gasteiger partial charge in [0.05, 0.1) is 23.9 Å². The Bertz CT molecular complexity index is 1530. The van der Waals surface area contributed by atoms with Crippen LogP contribution in [0.2, 0.25) is 0 Å². The van der Waals surface area contributed by atoms with Gasteiger partial charge in [-0.05, 0) is 73.7 Å². The smallest absolute Gasteiger partial charge is 0.347 e. The SMILES string of the molecule is CCCCC[n+]1c2ccc(OCC)cc2n2c(=O)c3cccc4c(CCC(C)C)ccc(c43)c21. The Balaban J connectivity index is 1.88. The van der Waals surface area contributed by atoms with Crippen LogP contribution in [0.25, 0.3) is 38.2 Å². The van der Waals surface area contributed by atoms with Crippen LogP contribution in [-0.2, 0) is 13.0 Å². The number of hydrogen-bond acceptors (Lipinski definition) is 2. The van der Waals surface area contributed by atoms with Gasteiger partial charge in [-0.2, -0.15) is 4.40 Å². The normalized spacial score (nSPS) is 12.1. The number of aryl methyl sites for hydroxylation is 2. The maximum absolute atomic E-state index is 14.0. The number of aromatic nitrogens is 2. The van der Waals surface area contributed by atoms with Crippen LogP contribution in [0.4, 0.5) is 0 Å². The van der Waals surface area contributed by atoms with Gasteiger partial charge in [0.25, 0.3) is 5.65 Å².